The highest BCUT2D eigenvalue weighted by Gasteiger charge is 2.10. The number of halogens is 1. The summed E-state index contributed by atoms with van der Waals surface area (Å²) in [5, 5.41) is 6.20. The third-order valence-corrected chi connectivity index (χ3v) is 4.69. The van der Waals surface area contributed by atoms with Crippen molar-refractivity contribution in [1.82, 2.24) is 10.3 Å². The van der Waals surface area contributed by atoms with Gasteiger partial charge in [-0.25, -0.2) is 4.98 Å². The van der Waals surface area contributed by atoms with Crippen molar-refractivity contribution in [2.75, 3.05) is 13.2 Å². The summed E-state index contributed by atoms with van der Waals surface area (Å²) < 4.78 is 5.54. The van der Waals surface area contributed by atoms with E-state index >= 15 is 0 Å². The van der Waals surface area contributed by atoms with Gasteiger partial charge in [0, 0.05) is 10.9 Å². The van der Waals surface area contributed by atoms with Crippen LogP contribution in [-0.2, 0) is 11.2 Å². The van der Waals surface area contributed by atoms with Crippen molar-refractivity contribution in [3.8, 4) is 16.3 Å². The number of carbonyl (C=O) groups is 1. The molecule has 2 aromatic carbocycles. The minimum atomic E-state index is -0.0762. The fourth-order valence-corrected chi connectivity index (χ4v) is 3.39. The number of carbonyl (C=O) groups excluding carboxylic acids is 1. The monoisotopic (exact) mass is 372 g/mol. The van der Waals surface area contributed by atoms with E-state index < -0.39 is 0 Å². The predicted octanol–water partition coefficient (Wildman–Crippen LogP) is 4.20. The SMILES string of the molecule is O=C(Cc1csc(-c2ccccc2Cl)n1)NCCOc1ccccc1. The van der Waals surface area contributed by atoms with Crippen LogP contribution >= 0.6 is 22.9 Å². The Labute approximate surface area is 155 Å². The van der Waals surface area contributed by atoms with E-state index in [1.165, 1.54) is 11.3 Å². The highest BCUT2D eigenvalue weighted by atomic mass is 35.5. The maximum absolute atomic E-state index is 12.0. The van der Waals surface area contributed by atoms with Gasteiger partial charge in [0.15, 0.2) is 0 Å². The Bertz CT molecular complexity index is 836. The van der Waals surface area contributed by atoms with E-state index in [0.29, 0.717) is 18.2 Å². The average molecular weight is 373 g/mol. The molecule has 0 aliphatic heterocycles. The van der Waals surface area contributed by atoms with Gasteiger partial charge in [-0.3, -0.25) is 4.79 Å². The molecule has 0 saturated carbocycles. The predicted molar refractivity (Wildman–Crippen MR) is 101 cm³/mol. The third-order valence-electron chi connectivity index (χ3n) is 3.43. The maximum Gasteiger partial charge on any atom is 0.226 e. The van der Waals surface area contributed by atoms with Crippen LogP contribution in [0.2, 0.25) is 5.02 Å². The first-order valence-corrected chi connectivity index (χ1v) is 9.12. The van der Waals surface area contributed by atoms with Crippen LogP contribution in [0.15, 0.2) is 60.0 Å². The van der Waals surface area contributed by atoms with E-state index in [-0.39, 0.29) is 12.3 Å². The molecule has 0 spiro atoms. The van der Waals surface area contributed by atoms with Crippen molar-refractivity contribution in [1.29, 1.82) is 0 Å². The van der Waals surface area contributed by atoms with Crippen LogP contribution in [0, 0.1) is 0 Å². The topological polar surface area (TPSA) is 51.2 Å². The van der Waals surface area contributed by atoms with E-state index in [9.17, 15) is 4.79 Å². The number of ether oxygens (including phenoxy) is 1. The minimum absolute atomic E-state index is 0.0762. The van der Waals surface area contributed by atoms with Gasteiger partial charge in [-0.1, -0.05) is 48.0 Å². The summed E-state index contributed by atoms with van der Waals surface area (Å²) in [5.41, 5.74) is 1.62. The molecular weight excluding hydrogens is 356 g/mol. The van der Waals surface area contributed by atoms with Crippen molar-refractivity contribution in [3.63, 3.8) is 0 Å². The number of benzene rings is 2. The molecule has 0 unspecified atom stereocenters. The lowest BCUT2D eigenvalue weighted by molar-refractivity contribution is -0.120. The number of rotatable bonds is 7. The normalized spacial score (nSPS) is 10.4. The Balaban J connectivity index is 1.46. The molecule has 1 heterocycles. The molecule has 0 atom stereocenters. The molecule has 0 saturated heterocycles. The highest BCUT2D eigenvalue weighted by molar-refractivity contribution is 7.13. The molecule has 3 rings (SSSR count). The van der Waals surface area contributed by atoms with Crippen LogP contribution in [0.1, 0.15) is 5.69 Å². The fourth-order valence-electron chi connectivity index (χ4n) is 2.25. The number of amides is 1. The summed E-state index contributed by atoms with van der Waals surface area (Å²) in [5.74, 6) is 0.716. The van der Waals surface area contributed by atoms with Gasteiger partial charge < -0.3 is 10.1 Å². The minimum Gasteiger partial charge on any atom is -0.492 e. The smallest absolute Gasteiger partial charge is 0.226 e. The summed E-state index contributed by atoms with van der Waals surface area (Å²) in [6.07, 6.45) is 0.242. The van der Waals surface area contributed by atoms with Crippen molar-refractivity contribution >= 4 is 28.8 Å². The molecule has 3 aromatic rings. The second-order valence-electron chi connectivity index (χ2n) is 5.31. The lowest BCUT2D eigenvalue weighted by atomic mass is 10.2. The first-order valence-electron chi connectivity index (χ1n) is 7.86. The first-order chi connectivity index (χ1) is 12.2. The standard InChI is InChI=1S/C19H17ClN2O2S/c20-17-9-5-4-8-16(17)19-22-14(13-25-19)12-18(23)21-10-11-24-15-6-2-1-3-7-15/h1-9,13H,10-12H2,(H,21,23). The Morgan fingerprint density at radius 2 is 1.88 bits per heavy atom. The van der Waals surface area contributed by atoms with E-state index in [4.69, 9.17) is 16.3 Å². The maximum atomic E-state index is 12.0. The van der Waals surface area contributed by atoms with E-state index in [1.54, 1.807) is 0 Å². The lowest BCUT2D eigenvalue weighted by Crippen LogP contribution is -2.29. The molecule has 0 fully saturated rings. The van der Waals surface area contributed by atoms with Gasteiger partial charge in [0.1, 0.15) is 17.4 Å². The summed E-state index contributed by atoms with van der Waals surface area (Å²) in [6.45, 7) is 0.882. The molecule has 0 aliphatic rings. The third kappa shape index (κ3) is 5.05. The van der Waals surface area contributed by atoms with Crippen molar-refractivity contribution in [2.24, 2.45) is 0 Å². The number of nitrogens with zero attached hydrogens (tertiary/aromatic N) is 1. The fraction of sp³-hybridized carbons (Fsp3) is 0.158. The van der Waals surface area contributed by atoms with Crippen LogP contribution in [0.3, 0.4) is 0 Å². The summed E-state index contributed by atoms with van der Waals surface area (Å²) in [7, 11) is 0. The number of hydrogen-bond acceptors (Lipinski definition) is 4. The Morgan fingerprint density at radius 3 is 2.68 bits per heavy atom. The van der Waals surface area contributed by atoms with E-state index in [1.807, 2.05) is 60.0 Å². The Morgan fingerprint density at radius 1 is 1.12 bits per heavy atom. The lowest BCUT2D eigenvalue weighted by Gasteiger charge is -2.07. The zero-order chi connectivity index (χ0) is 17.5. The largest absolute Gasteiger partial charge is 0.492 e. The van der Waals surface area contributed by atoms with Crippen molar-refractivity contribution in [2.45, 2.75) is 6.42 Å². The molecular formula is C19H17ClN2O2S. The molecule has 6 heteroatoms. The van der Waals surface area contributed by atoms with Crippen molar-refractivity contribution < 1.29 is 9.53 Å². The van der Waals surface area contributed by atoms with Gasteiger partial charge >= 0.3 is 0 Å². The number of aromatic nitrogens is 1. The van der Waals surface area contributed by atoms with Gasteiger partial charge in [-0.15, -0.1) is 11.3 Å². The zero-order valence-corrected chi connectivity index (χ0v) is 15.0. The van der Waals surface area contributed by atoms with Crippen LogP contribution < -0.4 is 10.1 Å². The Kier molecular flexibility index (Phi) is 6.04. The van der Waals surface area contributed by atoms with Gasteiger partial charge in [-0.05, 0) is 18.2 Å². The van der Waals surface area contributed by atoms with Gasteiger partial charge in [-0.2, -0.15) is 0 Å². The van der Waals surface area contributed by atoms with Gasteiger partial charge in [0.25, 0.3) is 0 Å². The second-order valence-corrected chi connectivity index (χ2v) is 6.58. The van der Waals surface area contributed by atoms with E-state index in [0.717, 1.165) is 22.0 Å². The highest BCUT2D eigenvalue weighted by Crippen LogP contribution is 2.30. The van der Waals surface area contributed by atoms with Crippen LogP contribution in [0.4, 0.5) is 0 Å². The van der Waals surface area contributed by atoms with Crippen LogP contribution in [0.25, 0.3) is 10.6 Å². The van der Waals surface area contributed by atoms with E-state index in [2.05, 4.69) is 10.3 Å². The summed E-state index contributed by atoms with van der Waals surface area (Å²) in [6, 6.07) is 17.1. The summed E-state index contributed by atoms with van der Waals surface area (Å²) in [4.78, 5) is 16.5. The number of hydrogen-bond donors (Lipinski definition) is 1. The molecule has 1 amide bonds. The molecule has 0 radical (unpaired) electrons. The zero-order valence-electron chi connectivity index (χ0n) is 13.4. The number of para-hydroxylation sites is 1. The number of thiazole rings is 1. The summed E-state index contributed by atoms with van der Waals surface area (Å²) >= 11 is 7.67. The molecule has 1 aromatic heterocycles. The first kappa shape index (κ1) is 17.5. The van der Waals surface area contributed by atoms with Crippen molar-refractivity contribution in [3.05, 3.63) is 70.7 Å². The van der Waals surface area contributed by atoms with Gasteiger partial charge in [0.2, 0.25) is 5.91 Å². The molecule has 128 valence electrons. The molecule has 4 nitrogen and oxygen atoms in total. The molecule has 1 N–H and O–H groups in total. The molecule has 0 aliphatic carbocycles. The van der Waals surface area contributed by atoms with Gasteiger partial charge in [0.05, 0.1) is 23.7 Å². The number of nitrogens with one attached hydrogen (secondary N) is 1. The van der Waals surface area contributed by atoms with Crippen LogP contribution in [0.5, 0.6) is 5.75 Å². The average Bonchev–Trinajstić information content (AvgIpc) is 3.08. The second kappa shape index (κ2) is 8.65. The molecule has 0 bridgehead atoms. The quantitative estimate of drug-likeness (QED) is 0.632. The molecule has 25 heavy (non-hydrogen) atoms. The van der Waals surface area contributed by atoms with Crippen LogP contribution in [-0.4, -0.2) is 24.0 Å². The Hall–Kier alpha value is -2.37.